The summed E-state index contributed by atoms with van der Waals surface area (Å²) in [6.45, 7) is 8.77. The number of H-pyrrole nitrogens is 1. The van der Waals surface area contributed by atoms with Gasteiger partial charge in [0.25, 0.3) is 0 Å². The molecule has 2 nitrogen and oxygen atoms in total. The molecule has 3 aromatic rings. The molecule has 1 N–H and O–H groups in total. The van der Waals surface area contributed by atoms with Crippen molar-refractivity contribution in [2.24, 2.45) is 0 Å². The maximum atomic E-state index is 4.82. The van der Waals surface area contributed by atoms with Crippen LogP contribution in [0.5, 0.6) is 0 Å². The molecular weight excluding hydrogens is 304 g/mol. The molecule has 0 fully saturated rings. The summed E-state index contributed by atoms with van der Waals surface area (Å²) in [5.74, 6) is 0.933. The lowest BCUT2D eigenvalue weighted by Gasteiger charge is -2.19. The van der Waals surface area contributed by atoms with Gasteiger partial charge in [0, 0.05) is 16.8 Å². The van der Waals surface area contributed by atoms with Crippen molar-refractivity contribution in [1.82, 2.24) is 9.97 Å². The second kappa shape index (κ2) is 6.59. The first-order valence-corrected chi connectivity index (χ1v) is 7.68. The first kappa shape index (κ1) is 17.3. The normalized spacial score (nSPS) is 11.1. The number of benzene rings is 2. The highest BCUT2D eigenvalue weighted by atomic mass is 35.5. The fourth-order valence-electron chi connectivity index (χ4n) is 2.61. The Bertz CT molecular complexity index is 783. The van der Waals surface area contributed by atoms with Crippen molar-refractivity contribution in [3.05, 3.63) is 65.9 Å². The average Bonchev–Trinajstić information content (AvgIpc) is 2.89. The summed E-state index contributed by atoms with van der Waals surface area (Å²) in [7, 11) is 0. The molecule has 3 heteroatoms. The molecule has 0 aliphatic carbocycles. The maximum absolute atomic E-state index is 4.82. The highest BCUT2D eigenvalue weighted by Gasteiger charge is 2.16. The largest absolute Gasteiger partial charge is 0.342 e. The Morgan fingerprint density at radius 1 is 0.870 bits per heavy atom. The maximum Gasteiger partial charge on any atom is 0.138 e. The Kier molecular flexibility index (Phi) is 4.96. The van der Waals surface area contributed by atoms with Crippen LogP contribution in [0.1, 0.15) is 32.0 Å². The van der Waals surface area contributed by atoms with Gasteiger partial charge in [-0.25, -0.2) is 4.98 Å². The van der Waals surface area contributed by atoms with Crippen LogP contribution in [0.4, 0.5) is 0 Å². The minimum atomic E-state index is 0. The molecule has 120 valence electrons. The molecule has 0 saturated carbocycles. The number of aromatic amines is 1. The van der Waals surface area contributed by atoms with Gasteiger partial charge in [0.1, 0.15) is 5.82 Å². The molecule has 0 aliphatic heterocycles. The molecule has 0 radical (unpaired) electrons. The monoisotopic (exact) mass is 326 g/mol. The highest BCUT2D eigenvalue weighted by Crippen LogP contribution is 2.29. The molecule has 0 bridgehead atoms. The quantitative estimate of drug-likeness (QED) is 0.636. The van der Waals surface area contributed by atoms with Gasteiger partial charge in [-0.3, -0.25) is 0 Å². The number of hydrogen-bond donors (Lipinski definition) is 1. The summed E-state index contributed by atoms with van der Waals surface area (Å²) in [4.78, 5) is 8.24. The van der Waals surface area contributed by atoms with E-state index < -0.39 is 0 Å². The highest BCUT2D eigenvalue weighted by molar-refractivity contribution is 5.85. The molecule has 1 heterocycles. The average molecular weight is 327 g/mol. The van der Waals surface area contributed by atoms with Gasteiger partial charge in [-0.1, -0.05) is 69.3 Å². The number of imidazole rings is 1. The van der Waals surface area contributed by atoms with E-state index in [-0.39, 0.29) is 17.8 Å². The fourth-order valence-corrected chi connectivity index (χ4v) is 2.61. The molecular formula is C20H23ClN2. The third kappa shape index (κ3) is 3.65. The Labute approximate surface area is 144 Å². The molecule has 0 aliphatic rings. The zero-order valence-electron chi connectivity index (χ0n) is 14.1. The molecule has 2 aromatic carbocycles. The van der Waals surface area contributed by atoms with E-state index >= 15 is 0 Å². The van der Waals surface area contributed by atoms with Crippen LogP contribution in [0.15, 0.2) is 54.6 Å². The predicted molar refractivity (Wildman–Crippen MR) is 100 cm³/mol. The number of nitrogens with zero attached hydrogens (tertiary/aromatic N) is 1. The molecule has 0 spiro atoms. The van der Waals surface area contributed by atoms with Gasteiger partial charge in [-0.2, -0.15) is 0 Å². The molecule has 0 unspecified atom stereocenters. The minimum Gasteiger partial charge on any atom is -0.342 e. The number of aromatic nitrogens is 2. The Morgan fingerprint density at radius 2 is 1.52 bits per heavy atom. The van der Waals surface area contributed by atoms with E-state index in [1.54, 1.807) is 0 Å². The third-order valence-corrected chi connectivity index (χ3v) is 3.93. The van der Waals surface area contributed by atoms with Crippen LogP contribution < -0.4 is 0 Å². The van der Waals surface area contributed by atoms with Crippen LogP contribution in [0, 0.1) is 6.92 Å². The molecule has 3 rings (SSSR count). The van der Waals surface area contributed by atoms with Crippen molar-refractivity contribution in [3.8, 4) is 22.6 Å². The van der Waals surface area contributed by atoms with E-state index in [0.29, 0.717) is 0 Å². The number of hydrogen-bond acceptors (Lipinski definition) is 1. The van der Waals surface area contributed by atoms with Crippen molar-refractivity contribution < 1.29 is 0 Å². The van der Waals surface area contributed by atoms with Gasteiger partial charge in [-0.05, 0) is 24.0 Å². The van der Waals surface area contributed by atoms with E-state index in [1.165, 1.54) is 5.56 Å². The molecule has 0 amide bonds. The van der Waals surface area contributed by atoms with Crippen molar-refractivity contribution in [1.29, 1.82) is 0 Å². The number of nitrogens with one attached hydrogen (secondary N) is 1. The van der Waals surface area contributed by atoms with E-state index in [0.717, 1.165) is 28.3 Å². The van der Waals surface area contributed by atoms with E-state index in [4.69, 9.17) is 4.98 Å². The molecule has 0 saturated heterocycles. The zero-order chi connectivity index (χ0) is 15.7. The van der Waals surface area contributed by atoms with Crippen LogP contribution >= 0.6 is 12.4 Å². The Morgan fingerprint density at radius 3 is 2.17 bits per heavy atom. The second-order valence-corrected chi connectivity index (χ2v) is 6.76. The lowest BCUT2D eigenvalue weighted by molar-refractivity contribution is 0.590. The van der Waals surface area contributed by atoms with Crippen LogP contribution in [0.3, 0.4) is 0 Å². The van der Waals surface area contributed by atoms with Crippen LogP contribution in [0.2, 0.25) is 0 Å². The Hall–Kier alpha value is -2.06. The van der Waals surface area contributed by atoms with E-state index in [1.807, 2.05) is 18.2 Å². The van der Waals surface area contributed by atoms with Gasteiger partial charge < -0.3 is 4.98 Å². The summed E-state index contributed by atoms with van der Waals surface area (Å²) in [5.41, 5.74) is 5.87. The van der Waals surface area contributed by atoms with Crippen molar-refractivity contribution in [3.63, 3.8) is 0 Å². The summed E-state index contributed by atoms with van der Waals surface area (Å²) in [6, 6.07) is 18.9. The summed E-state index contributed by atoms with van der Waals surface area (Å²) >= 11 is 0. The van der Waals surface area contributed by atoms with Crippen LogP contribution in [-0.4, -0.2) is 9.97 Å². The number of halogens is 1. The zero-order valence-corrected chi connectivity index (χ0v) is 14.9. The minimum absolute atomic E-state index is 0. The van der Waals surface area contributed by atoms with E-state index in [9.17, 15) is 0 Å². The fraction of sp³-hybridized carbons (Fsp3) is 0.250. The van der Waals surface area contributed by atoms with Gasteiger partial charge in [0.2, 0.25) is 0 Å². The van der Waals surface area contributed by atoms with Gasteiger partial charge in [-0.15, -0.1) is 12.4 Å². The van der Waals surface area contributed by atoms with Gasteiger partial charge in [0.05, 0.1) is 5.69 Å². The first-order valence-electron chi connectivity index (χ1n) is 7.68. The van der Waals surface area contributed by atoms with Gasteiger partial charge >= 0.3 is 0 Å². The van der Waals surface area contributed by atoms with Crippen LogP contribution in [0.25, 0.3) is 22.6 Å². The van der Waals surface area contributed by atoms with E-state index in [2.05, 4.69) is 69.1 Å². The SMILES string of the molecule is Cc1[nH]c(-c2cccc(C(C)(C)C)c2)nc1-c1ccccc1.Cl. The van der Waals surface area contributed by atoms with Gasteiger partial charge in [0.15, 0.2) is 0 Å². The lowest BCUT2D eigenvalue weighted by atomic mass is 9.86. The lowest BCUT2D eigenvalue weighted by Crippen LogP contribution is -2.10. The smallest absolute Gasteiger partial charge is 0.138 e. The molecule has 23 heavy (non-hydrogen) atoms. The Balaban J connectivity index is 0.00000192. The predicted octanol–water partition coefficient (Wildman–Crippen LogP) is 5.77. The standard InChI is InChI=1S/C20H22N2.ClH/c1-14-18(15-9-6-5-7-10-15)22-19(21-14)16-11-8-12-17(13-16)20(2,3)4;/h5-13H,1-4H3,(H,21,22);1H. The second-order valence-electron chi connectivity index (χ2n) is 6.76. The topological polar surface area (TPSA) is 28.7 Å². The third-order valence-electron chi connectivity index (χ3n) is 3.93. The summed E-state index contributed by atoms with van der Waals surface area (Å²) in [6.07, 6.45) is 0. The number of aryl methyl sites for hydroxylation is 1. The molecule has 1 aromatic heterocycles. The molecule has 0 atom stereocenters. The number of rotatable bonds is 2. The van der Waals surface area contributed by atoms with Crippen molar-refractivity contribution >= 4 is 12.4 Å². The van der Waals surface area contributed by atoms with Crippen molar-refractivity contribution in [2.75, 3.05) is 0 Å². The van der Waals surface area contributed by atoms with Crippen molar-refractivity contribution in [2.45, 2.75) is 33.1 Å². The summed E-state index contributed by atoms with van der Waals surface area (Å²) in [5, 5.41) is 0. The first-order chi connectivity index (χ1) is 10.4. The summed E-state index contributed by atoms with van der Waals surface area (Å²) < 4.78 is 0. The van der Waals surface area contributed by atoms with Crippen LogP contribution in [-0.2, 0) is 5.41 Å².